The number of ketones is 1. The quantitative estimate of drug-likeness (QED) is 0.499. The number of nitrogens with zero attached hydrogens (tertiary/aromatic N) is 2. The van der Waals surface area contributed by atoms with Crippen LogP contribution < -0.4 is 15.0 Å². The van der Waals surface area contributed by atoms with Gasteiger partial charge in [0, 0.05) is 18.5 Å². The molecule has 27 heavy (non-hydrogen) atoms. The van der Waals surface area contributed by atoms with E-state index >= 15 is 0 Å². The summed E-state index contributed by atoms with van der Waals surface area (Å²) in [5.74, 6) is -0.0157. The van der Waals surface area contributed by atoms with Crippen LogP contribution in [0.25, 0.3) is 0 Å². The lowest BCUT2D eigenvalue weighted by Crippen LogP contribution is -2.45. The predicted molar refractivity (Wildman–Crippen MR) is 104 cm³/mol. The molecule has 1 aromatic rings. The van der Waals surface area contributed by atoms with Crippen molar-refractivity contribution in [2.45, 2.75) is 33.6 Å². The number of ether oxygens (including phenoxy) is 1. The van der Waals surface area contributed by atoms with Crippen LogP contribution >= 0.6 is 0 Å². The highest BCUT2D eigenvalue weighted by molar-refractivity contribution is 6.04. The Morgan fingerprint density at radius 3 is 2.63 bits per heavy atom. The van der Waals surface area contributed by atoms with Crippen LogP contribution in [0.3, 0.4) is 0 Å². The van der Waals surface area contributed by atoms with Gasteiger partial charge in [0.25, 0.3) is 5.91 Å². The van der Waals surface area contributed by atoms with Crippen molar-refractivity contribution in [2.75, 3.05) is 44.2 Å². The molecule has 0 spiro atoms. The number of nitrogens with one attached hydrogen (secondary N) is 1. The lowest BCUT2D eigenvalue weighted by Gasteiger charge is -2.29. The number of amides is 2. The number of anilines is 1. The third-order valence-electron chi connectivity index (χ3n) is 4.71. The van der Waals surface area contributed by atoms with Crippen molar-refractivity contribution in [1.82, 2.24) is 10.2 Å². The Balaban J connectivity index is 1.98. The first kappa shape index (κ1) is 20.9. The van der Waals surface area contributed by atoms with Gasteiger partial charge in [-0.2, -0.15) is 0 Å². The minimum atomic E-state index is -0.290. The molecule has 0 aromatic heterocycles. The molecule has 0 unspecified atom stereocenters. The van der Waals surface area contributed by atoms with Crippen LogP contribution in [0.2, 0.25) is 0 Å². The van der Waals surface area contributed by atoms with Gasteiger partial charge >= 0.3 is 0 Å². The standard InChI is InChI=1S/C20H29N3O4/c1-4-17(24)15-8-9-18-16(12-15)23(20(26)14-27-18)13-19(25)21-10-7-11-22(5-2)6-3/h8-9,12H,4-7,10-11,13-14H2,1-3H3,(H,21,25). The van der Waals surface area contributed by atoms with E-state index in [1.54, 1.807) is 25.1 Å². The fourth-order valence-corrected chi connectivity index (χ4v) is 3.02. The van der Waals surface area contributed by atoms with E-state index in [9.17, 15) is 14.4 Å². The Hall–Kier alpha value is -2.41. The Labute approximate surface area is 160 Å². The van der Waals surface area contributed by atoms with Gasteiger partial charge in [0.15, 0.2) is 12.4 Å². The molecule has 0 radical (unpaired) electrons. The van der Waals surface area contributed by atoms with Gasteiger partial charge in [-0.15, -0.1) is 0 Å². The van der Waals surface area contributed by atoms with Crippen molar-refractivity contribution in [3.63, 3.8) is 0 Å². The van der Waals surface area contributed by atoms with Crippen LogP contribution in [-0.2, 0) is 9.59 Å². The second kappa shape index (κ2) is 10.1. The van der Waals surface area contributed by atoms with Gasteiger partial charge in [0.2, 0.25) is 5.91 Å². The number of Topliss-reactive ketones (excluding diaryl/α,β-unsaturated/α-hetero) is 1. The number of fused-ring (bicyclic) bond motifs is 1. The van der Waals surface area contributed by atoms with Crippen LogP contribution in [-0.4, -0.2) is 61.8 Å². The van der Waals surface area contributed by atoms with E-state index in [2.05, 4.69) is 24.1 Å². The molecule has 1 aliphatic heterocycles. The van der Waals surface area contributed by atoms with E-state index in [0.29, 0.717) is 30.0 Å². The second-order valence-electron chi connectivity index (χ2n) is 6.46. The first-order valence-electron chi connectivity index (χ1n) is 9.59. The predicted octanol–water partition coefficient (Wildman–Crippen LogP) is 1.85. The van der Waals surface area contributed by atoms with Crippen molar-refractivity contribution in [1.29, 1.82) is 0 Å². The largest absolute Gasteiger partial charge is 0.482 e. The first-order chi connectivity index (χ1) is 13.0. The SMILES string of the molecule is CCC(=O)c1ccc2c(c1)N(CC(=O)NCCCN(CC)CC)C(=O)CO2. The molecule has 1 N–H and O–H groups in total. The van der Waals surface area contributed by atoms with Crippen LogP contribution in [0.1, 0.15) is 44.0 Å². The van der Waals surface area contributed by atoms with E-state index in [1.807, 2.05) is 0 Å². The lowest BCUT2D eigenvalue weighted by atomic mass is 10.1. The first-order valence-corrected chi connectivity index (χ1v) is 9.59. The molecule has 0 saturated heterocycles. The third-order valence-corrected chi connectivity index (χ3v) is 4.71. The Bertz CT molecular complexity index is 686. The molecule has 1 aliphatic rings. The number of hydrogen-bond donors (Lipinski definition) is 1. The van der Waals surface area contributed by atoms with E-state index in [4.69, 9.17) is 4.74 Å². The summed E-state index contributed by atoms with van der Waals surface area (Å²) in [6.07, 6.45) is 1.23. The number of rotatable bonds is 10. The average Bonchev–Trinajstić information content (AvgIpc) is 2.69. The van der Waals surface area contributed by atoms with Crippen molar-refractivity contribution in [3.05, 3.63) is 23.8 Å². The minimum absolute atomic E-state index is 0.0170. The average molecular weight is 375 g/mol. The fraction of sp³-hybridized carbons (Fsp3) is 0.550. The third kappa shape index (κ3) is 5.53. The molecule has 148 valence electrons. The molecule has 0 atom stereocenters. The lowest BCUT2D eigenvalue weighted by molar-refractivity contribution is -0.125. The van der Waals surface area contributed by atoms with E-state index in [-0.39, 0.29) is 30.7 Å². The maximum absolute atomic E-state index is 12.3. The van der Waals surface area contributed by atoms with Gasteiger partial charge in [-0.05, 0) is 44.3 Å². The number of carbonyl (C=O) groups excluding carboxylic acids is 3. The monoisotopic (exact) mass is 375 g/mol. The van der Waals surface area contributed by atoms with Gasteiger partial charge in [-0.3, -0.25) is 19.3 Å². The summed E-state index contributed by atoms with van der Waals surface area (Å²) in [5.41, 5.74) is 0.989. The maximum Gasteiger partial charge on any atom is 0.265 e. The van der Waals surface area contributed by atoms with Gasteiger partial charge in [0.1, 0.15) is 12.3 Å². The van der Waals surface area contributed by atoms with Gasteiger partial charge in [-0.1, -0.05) is 20.8 Å². The van der Waals surface area contributed by atoms with Crippen molar-refractivity contribution in [3.8, 4) is 5.75 Å². The van der Waals surface area contributed by atoms with Gasteiger partial charge < -0.3 is 15.0 Å². The molecule has 7 nitrogen and oxygen atoms in total. The van der Waals surface area contributed by atoms with Crippen LogP contribution in [0.4, 0.5) is 5.69 Å². The summed E-state index contributed by atoms with van der Waals surface area (Å²) in [6.45, 7) is 9.29. The molecule has 2 amide bonds. The molecular weight excluding hydrogens is 346 g/mol. The summed E-state index contributed by atoms with van der Waals surface area (Å²) in [7, 11) is 0. The zero-order valence-electron chi connectivity index (χ0n) is 16.4. The topological polar surface area (TPSA) is 79.0 Å². The van der Waals surface area contributed by atoms with Gasteiger partial charge in [0.05, 0.1) is 5.69 Å². The highest BCUT2D eigenvalue weighted by atomic mass is 16.5. The Morgan fingerprint density at radius 1 is 1.22 bits per heavy atom. The molecule has 1 heterocycles. The van der Waals surface area contributed by atoms with Crippen LogP contribution in [0, 0.1) is 0 Å². The highest BCUT2D eigenvalue weighted by Gasteiger charge is 2.28. The van der Waals surface area contributed by atoms with E-state index in [1.165, 1.54) is 4.90 Å². The molecular formula is C20H29N3O4. The molecule has 0 bridgehead atoms. The normalized spacial score (nSPS) is 13.3. The zero-order valence-corrected chi connectivity index (χ0v) is 16.4. The molecule has 0 aliphatic carbocycles. The number of carbonyl (C=O) groups is 3. The molecule has 7 heteroatoms. The summed E-state index contributed by atoms with van der Waals surface area (Å²) >= 11 is 0. The molecule has 1 aromatic carbocycles. The highest BCUT2D eigenvalue weighted by Crippen LogP contribution is 2.33. The summed E-state index contributed by atoms with van der Waals surface area (Å²) in [6, 6.07) is 5.00. The smallest absolute Gasteiger partial charge is 0.265 e. The van der Waals surface area contributed by atoms with E-state index in [0.717, 1.165) is 26.1 Å². The maximum atomic E-state index is 12.3. The molecule has 0 saturated carbocycles. The number of hydrogen-bond acceptors (Lipinski definition) is 5. The van der Waals surface area contributed by atoms with Crippen molar-refractivity contribution < 1.29 is 19.1 Å². The van der Waals surface area contributed by atoms with Crippen molar-refractivity contribution in [2.24, 2.45) is 0 Å². The summed E-state index contributed by atoms with van der Waals surface area (Å²) in [4.78, 5) is 40.2. The number of benzene rings is 1. The Kier molecular flexibility index (Phi) is 7.79. The van der Waals surface area contributed by atoms with E-state index < -0.39 is 0 Å². The van der Waals surface area contributed by atoms with Crippen LogP contribution in [0.5, 0.6) is 5.75 Å². The summed E-state index contributed by atoms with van der Waals surface area (Å²) in [5, 5.41) is 2.87. The minimum Gasteiger partial charge on any atom is -0.482 e. The Morgan fingerprint density at radius 2 is 1.96 bits per heavy atom. The molecule has 2 rings (SSSR count). The van der Waals surface area contributed by atoms with Crippen molar-refractivity contribution >= 4 is 23.3 Å². The zero-order chi connectivity index (χ0) is 19.8. The summed E-state index contributed by atoms with van der Waals surface area (Å²) < 4.78 is 5.43. The van der Waals surface area contributed by atoms with Gasteiger partial charge in [-0.25, -0.2) is 0 Å². The fourth-order valence-electron chi connectivity index (χ4n) is 3.02. The van der Waals surface area contributed by atoms with Crippen LogP contribution in [0.15, 0.2) is 18.2 Å². The molecule has 0 fully saturated rings. The second-order valence-corrected chi connectivity index (χ2v) is 6.46.